The number of rotatable bonds is 3. The van der Waals surface area contributed by atoms with Crippen molar-refractivity contribution < 1.29 is 28.2 Å². The quantitative estimate of drug-likeness (QED) is 0.871. The number of amides is 1. The minimum Gasteiger partial charge on any atom is -0.478 e. The van der Waals surface area contributed by atoms with Gasteiger partial charge in [-0.3, -0.25) is 4.90 Å². The third-order valence-corrected chi connectivity index (χ3v) is 2.40. The van der Waals surface area contributed by atoms with Crippen LogP contribution in [0.5, 0.6) is 0 Å². The van der Waals surface area contributed by atoms with E-state index in [1.165, 1.54) is 0 Å². The molecule has 0 fully saturated rings. The predicted molar refractivity (Wildman–Crippen MR) is 75.7 cm³/mol. The summed E-state index contributed by atoms with van der Waals surface area (Å²) < 4.78 is 33.1. The molecule has 118 valence electrons. The van der Waals surface area contributed by atoms with Gasteiger partial charge in [-0.25, -0.2) is 18.4 Å². The molecule has 0 saturated heterocycles. The summed E-state index contributed by atoms with van der Waals surface area (Å²) in [5.74, 6) is -1.84. The molecule has 1 aromatic rings. The largest absolute Gasteiger partial charge is 0.478 e. The fourth-order valence-corrected chi connectivity index (χ4v) is 1.59. The van der Waals surface area contributed by atoms with Gasteiger partial charge in [-0.05, 0) is 32.9 Å². The van der Waals surface area contributed by atoms with Gasteiger partial charge >= 0.3 is 12.1 Å². The number of halogens is 2. The Labute approximate surface area is 126 Å². The van der Waals surface area contributed by atoms with Crippen molar-refractivity contribution in [2.24, 2.45) is 0 Å². The van der Waals surface area contributed by atoms with Gasteiger partial charge in [0.25, 0.3) is 0 Å². The van der Waals surface area contributed by atoms with Crippen LogP contribution in [0.1, 0.15) is 31.1 Å². The van der Waals surface area contributed by atoms with Crippen molar-refractivity contribution >= 4 is 17.7 Å². The van der Waals surface area contributed by atoms with Gasteiger partial charge < -0.3 is 9.84 Å². The molecule has 0 saturated carbocycles. The van der Waals surface area contributed by atoms with E-state index >= 15 is 0 Å². The highest BCUT2D eigenvalue weighted by atomic mass is 19.1. The van der Waals surface area contributed by atoms with Crippen molar-refractivity contribution in [2.75, 3.05) is 11.4 Å². The van der Waals surface area contributed by atoms with Gasteiger partial charge in [-0.1, -0.05) is 5.92 Å². The van der Waals surface area contributed by atoms with E-state index in [1.807, 2.05) is 0 Å². The zero-order chi connectivity index (χ0) is 17.1. The van der Waals surface area contributed by atoms with Gasteiger partial charge in [0.15, 0.2) is 11.6 Å². The van der Waals surface area contributed by atoms with Crippen LogP contribution in [0.15, 0.2) is 12.1 Å². The van der Waals surface area contributed by atoms with Gasteiger partial charge in [-0.15, -0.1) is 6.42 Å². The summed E-state index contributed by atoms with van der Waals surface area (Å²) in [5, 5.41) is 8.76. The average molecular weight is 311 g/mol. The molecule has 0 aliphatic carbocycles. The Balaban J connectivity index is 3.31. The molecular formula is C15H15F2NO4. The van der Waals surface area contributed by atoms with Crippen molar-refractivity contribution in [1.82, 2.24) is 0 Å². The summed E-state index contributed by atoms with van der Waals surface area (Å²) in [4.78, 5) is 23.4. The molecule has 1 rings (SSSR count). The van der Waals surface area contributed by atoms with Gasteiger partial charge in [0, 0.05) is 0 Å². The number of anilines is 1. The molecule has 0 heterocycles. The molecule has 0 aliphatic heterocycles. The maximum atomic E-state index is 14.0. The standard InChI is InChI=1S/C15H15F2NO4/c1-5-6-18(14(21)22-15(2,3)4)12-10(16)7-9(13(19)20)8-11(12)17/h1,7-8H,6H2,2-4H3,(H,19,20). The molecule has 5 nitrogen and oxygen atoms in total. The van der Waals surface area contributed by atoms with Crippen LogP contribution in [-0.2, 0) is 4.74 Å². The summed E-state index contributed by atoms with van der Waals surface area (Å²) in [7, 11) is 0. The first-order valence-electron chi connectivity index (χ1n) is 6.23. The van der Waals surface area contributed by atoms with Crippen molar-refractivity contribution in [1.29, 1.82) is 0 Å². The lowest BCUT2D eigenvalue weighted by Gasteiger charge is -2.26. The maximum absolute atomic E-state index is 14.0. The summed E-state index contributed by atoms with van der Waals surface area (Å²) in [6.07, 6.45) is 4.07. The summed E-state index contributed by atoms with van der Waals surface area (Å²) in [6, 6.07) is 1.21. The number of benzene rings is 1. The number of aromatic carboxylic acids is 1. The van der Waals surface area contributed by atoms with Crippen molar-refractivity contribution in [3.05, 3.63) is 29.3 Å². The highest BCUT2D eigenvalue weighted by Crippen LogP contribution is 2.26. The van der Waals surface area contributed by atoms with Gasteiger partial charge in [-0.2, -0.15) is 0 Å². The Hall–Kier alpha value is -2.62. The van der Waals surface area contributed by atoms with E-state index in [1.54, 1.807) is 20.8 Å². The minimum absolute atomic E-state index is 0.435. The van der Waals surface area contributed by atoms with Gasteiger partial charge in [0.05, 0.1) is 12.1 Å². The van der Waals surface area contributed by atoms with E-state index in [0.29, 0.717) is 17.0 Å². The van der Waals surface area contributed by atoms with Crippen molar-refractivity contribution in [3.8, 4) is 12.3 Å². The highest BCUT2D eigenvalue weighted by molar-refractivity contribution is 5.91. The van der Waals surface area contributed by atoms with Gasteiger partial charge in [0.2, 0.25) is 0 Å². The molecule has 0 aromatic heterocycles. The fourth-order valence-electron chi connectivity index (χ4n) is 1.59. The molecule has 0 spiro atoms. The monoisotopic (exact) mass is 311 g/mol. The molecule has 0 radical (unpaired) electrons. The highest BCUT2D eigenvalue weighted by Gasteiger charge is 2.28. The lowest BCUT2D eigenvalue weighted by atomic mass is 10.1. The lowest BCUT2D eigenvalue weighted by Crippen LogP contribution is -2.38. The second-order valence-corrected chi connectivity index (χ2v) is 5.36. The summed E-state index contributed by atoms with van der Waals surface area (Å²) in [6.45, 7) is 4.31. The third kappa shape index (κ3) is 4.19. The zero-order valence-corrected chi connectivity index (χ0v) is 12.3. The van der Waals surface area contributed by atoms with E-state index in [2.05, 4.69) is 5.92 Å². The number of hydrogen-bond donors (Lipinski definition) is 1. The molecule has 0 unspecified atom stereocenters. The van der Waals surface area contributed by atoms with Gasteiger partial charge in [0.1, 0.15) is 11.3 Å². The van der Waals surface area contributed by atoms with Crippen LogP contribution in [0.2, 0.25) is 0 Å². The first kappa shape index (κ1) is 17.4. The van der Waals surface area contributed by atoms with Crippen LogP contribution in [0.3, 0.4) is 0 Å². The molecule has 1 N–H and O–H groups in total. The van der Waals surface area contributed by atoms with Crippen LogP contribution in [-0.4, -0.2) is 29.3 Å². The number of carbonyl (C=O) groups is 2. The summed E-state index contributed by atoms with van der Waals surface area (Å²) in [5.41, 5.74) is -2.22. The Kier molecular flexibility index (Phi) is 5.10. The number of hydrogen-bond acceptors (Lipinski definition) is 3. The Morgan fingerprint density at radius 2 is 1.82 bits per heavy atom. The average Bonchev–Trinajstić information content (AvgIpc) is 2.34. The number of carbonyl (C=O) groups excluding carboxylic acids is 1. The number of terminal acetylenes is 1. The second kappa shape index (κ2) is 6.43. The summed E-state index contributed by atoms with van der Waals surface area (Å²) >= 11 is 0. The smallest absolute Gasteiger partial charge is 0.415 e. The van der Waals surface area contributed by atoms with Crippen molar-refractivity contribution in [2.45, 2.75) is 26.4 Å². The topological polar surface area (TPSA) is 66.8 Å². The molecule has 7 heteroatoms. The molecular weight excluding hydrogens is 296 g/mol. The lowest BCUT2D eigenvalue weighted by molar-refractivity contribution is 0.0582. The van der Waals surface area contributed by atoms with Crippen LogP contribution in [0, 0.1) is 24.0 Å². The first-order chi connectivity index (χ1) is 10.1. The Bertz CT molecular complexity index is 621. The zero-order valence-electron chi connectivity index (χ0n) is 12.3. The number of ether oxygens (including phenoxy) is 1. The fraction of sp³-hybridized carbons (Fsp3) is 0.333. The molecule has 22 heavy (non-hydrogen) atoms. The Morgan fingerprint density at radius 1 is 1.32 bits per heavy atom. The number of carboxylic acids is 1. The molecule has 0 aliphatic rings. The van der Waals surface area contributed by atoms with Crippen LogP contribution in [0.25, 0.3) is 0 Å². The Morgan fingerprint density at radius 3 is 2.18 bits per heavy atom. The van der Waals surface area contributed by atoms with E-state index < -0.39 is 47.1 Å². The van der Waals surface area contributed by atoms with Crippen LogP contribution in [0.4, 0.5) is 19.3 Å². The molecule has 1 amide bonds. The van der Waals surface area contributed by atoms with E-state index in [0.717, 1.165) is 0 Å². The van der Waals surface area contributed by atoms with Crippen LogP contribution < -0.4 is 4.90 Å². The normalized spacial score (nSPS) is 10.7. The predicted octanol–water partition coefficient (Wildman–Crippen LogP) is 3.04. The molecule has 0 bridgehead atoms. The van der Waals surface area contributed by atoms with Crippen LogP contribution >= 0.6 is 0 Å². The first-order valence-corrected chi connectivity index (χ1v) is 6.23. The van der Waals surface area contributed by atoms with E-state index in [-0.39, 0.29) is 0 Å². The van der Waals surface area contributed by atoms with Crippen molar-refractivity contribution in [3.63, 3.8) is 0 Å². The molecule has 1 aromatic carbocycles. The minimum atomic E-state index is -1.50. The van der Waals surface area contributed by atoms with E-state index in [4.69, 9.17) is 16.3 Å². The molecule has 0 atom stereocenters. The van der Waals surface area contributed by atoms with E-state index in [9.17, 15) is 18.4 Å². The maximum Gasteiger partial charge on any atom is 0.415 e. The number of carboxylic acid groups (broad SMARTS) is 1. The SMILES string of the molecule is C#CCN(C(=O)OC(C)(C)C)c1c(F)cc(C(=O)O)cc1F. The second-order valence-electron chi connectivity index (χ2n) is 5.36. The number of nitrogens with zero attached hydrogens (tertiary/aromatic N) is 1. The third-order valence-electron chi connectivity index (χ3n) is 2.40.